The van der Waals surface area contributed by atoms with Gasteiger partial charge < -0.3 is 19.5 Å². The van der Waals surface area contributed by atoms with Crippen molar-refractivity contribution in [2.24, 2.45) is 0 Å². The van der Waals surface area contributed by atoms with E-state index in [1.165, 1.54) is 17.2 Å². The highest BCUT2D eigenvalue weighted by Gasteiger charge is 2.11. The molecule has 3 rings (SSSR count). The third-order valence-corrected chi connectivity index (χ3v) is 5.34. The van der Waals surface area contributed by atoms with Gasteiger partial charge in [0.15, 0.2) is 5.75 Å². The van der Waals surface area contributed by atoms with Crippen LogP contribution in [0.1, 0.15) is 34.9 Å². The number of pyridine rings is 1. The average Bonchev–Trinajstić information content (AvgIpc) is 2.79. The van der Waals surface area contributed by atoms with E-state index in [0.717, 1.165) is 18.4 Å². The summed E-state index contributed by atoms with van der Waals surface area (Å²) in [7, 11) is 0. The summed E-state index contributed by atoms with van der Waals surface area (Å²) in [4.78, 5) is 11.4. The fourth-order valence-corrected chi connectivity index (χ4v) is 3.45. The number of aromatic nitrogens is 1. The van der Waals surface area contributed by atoms with Crippen LogP contribution in [0.2, 0.25) is 0 Å². The maximum Gasteiger partial charge on any atom is 0.223 e. The molecule has 1 heterocycles. The monoisotopic (exact) mass is 407 g/mol. The highest BCUT2D eigenvalue weighted by molar-refractivity contribution is 5.26. The van der Waals surface area contributed by atoms with Crippen molar-refractivity contribution in [3.05, 3.63) is 99.5 Å². The number of rotatable bonds is 10. The number of hydrogen-bond acceptors (Lipinski definition) is 4. The van der Waals surface area contributed by atoms with Crippen LogP contribution >= 0.6 is 0 Å². The molecule has 0 saturated heterocycles. The molecule has 0 unspecified atom stereocenters. The minimum Gasteiger partial charge on any atom is -0.503 e. The molecule has 158 valence electrons. The Labute approximate surface area is 177 Å². The number of benzene rings is 2. The van der Waals surface area contributed by atoms with Crippen molar-refractivity contribution in [3.8, 4) is 5.75 Å². The molecular formula is C25H29NO4. The predicted octanol–water partition coefficient (Wildman–Crippen LogP) is 3.79. The number of hydrogen-bond donors (Lipinski definition) is 2. The summed E-state index contributed by atoms with van der Waals surface area (Å²) in [6.07, 6.45) is 3.99. The van der Waals surface area contributed by atoms with Gasteiger partial charge in [-0.2, -0.15) is 0 Å². The van der Waals surface area contributed by atoms with Gasteiger partial charge in [-0.05, 0) is 42.9 Å². The minimum absolute atomic E-state index is 0.0821. The molecule has 0 saturated carbocycles. The number of nitrogens with zero attached hydrogens (tertiary/aromatic N) is 1. The average molecular weight is 408 g/mol. The zero-order valence-electron chi connectivity index (χ0n) is 17.3. The van der Waals surface area contributed by atoms with Crippen LogP contribution in [0.5, 0.6) is 5.75 Å². The van der Waals surface area contributed by atoms with E-state index in [9.17, 15) is 15.0 Å². The minimum atomic E-state index is -0.368. The van der Waals surface area contributed by atoms with Crippen molar-refractivity contribution in [1.29, 1.82) is 0 Å². The number of aromatic hydroxyl groups is 1. The second kappa shape index (κ2) is 10.8. The van der Waals surface area contributed by atoms with Crippen LogP contribution in [0.25, 0.3) is 0 Å². The summed E-state index contributed by atoms with van der Waals surface area (Å²) >= 11 is 0. The normalized spacial score (nSPS) is 12.1. The Bertz CT molecular complexity index is 980. The zero-order valence-corrected chi connectivity index (χ0v) is 17.3. The van der Waals surface area contributed by atoms with E-state index in [0.29, 0.717) is 25.3 Å². The second-order valence-electron chi connectivity index (χ2n) is 7.43. The molecule has 2 aromatic carbocycles. The molecule has 5 heteroatoms. The molecule has 0 aliphatic heterocycles. The summed E-state index contributed by atoms with van der Waals surface area (Å²) in [5.41, 5.74) is 3.72. The van der Waals surface area contributed by atoms with Crippen LogP contribution in [-0.4, -0.2) is 28.0 Å². The largest absolute Gasteiger partial charge is 0.503 e. The van der Waals surface area contributed by atoms with Crippen molar-refractivity contribution < 1.29 is 14.9 Å². The third-order valence-electron chi connectivity index (χ3n) is 5.34. The quantitative estimate of drug-likeness (QED) is 0.502. The summed E-state index contributed by atoms with van der Waals surface area (Å²) in [5.74, 6) is -0.209. The van der Waals surface area contributed by atoms with Crippen molar-refractivity contribution in [1.82, 2.24) is 4.57 Å². The van der Waals surface area contributed by atoms with Gasteiger partial charge in [-0.15, -0.1) is 0 Å². The van der Waals surface area contributed by atoms with E-state index < -0.39 is 0 Å². The maximum atomic E-state index is 11.4. The molecule has 0 aliphatic carbocycles. The van der Waals surface area contributed by atoms with Crippen LogP contribution in [0.3, 0.4) is 0 Å². The first kappa shape index (κ1) is 21.8. The van der Waals surface area contributed by atoms with Crippen molar-refractivity contribution in [3.63, 3.8) is 0 Å². The Kier molecular flexibility index (Phi) is 7.82. The van der Waals surface area contributed by atoms with Gasteiger partial charge in [0.1, 0.15) is 6.10 Å². The van der Waals surface area contributed by atoms with Gasteiger partial charge in [0.2, 0.25) is 5.43 Å². The number of aryl methyl sites for hydroxylation is 3. The van der Waals surface area contributed by atoms with Gasteiger partial charge in [0, 0.05) is 25.4 Å². The van der Waals surface area contributed by atoms with E-state index >= 15 is 0 Å². The molecule has 2 N–H and O–H groups in total. The standard InChI is InChI=1S/C25H29NO4/c1-19-25(29)23(28)14-16-26(19)15-5-17-30-24(18-27)22-12-10-21(11-13-22)9-8-20-6-3-2-4-7-20/h2-4,6-7,10-14,16,24,27,29H,5,8-9,15,17-18H2,1H3/t24-/m1/s1. The van der Waals surface area contributed by atoms with Crippen LogP contribution in [0.4, 0.5) is 0 Å². The first-order chi connectivity index (χ1) is 14.6. The molecule has 3 aromatic rings. The van der Waals surface area contributed by atoms with Gasteiger partial charge in [0.05, 0.1) is 12.3 Å². The van der Waals surface area contributed by atoms with Crippen molar-refractivity contribution in [2.75, 3.05) is 13.2 Å². The molecule has 30 heavy (non-hydrogen) atoms. The fourth-order valence-electron chi connectivity index (χ4n) is 3.45. The molecule has 5 nitrogen and oxygen atoms in total. The van der Waals surface area contributed by atoms with Crippen LogP contribution in [-0.2, 0) is 24.1 Å². The lowest BCUT2D eigenvalue weighted by molar-refractivity contribution is 0.00930. The van der Waals surface area contributed by atoms with Crippen molar-refractivity contribution >= 4 is 0 Å². The van der Waals surface area contributed by atoms with Crippen molar-refractivity contribution in [2.45, 2.75) is 38.8 Å². The molecular weight excluding hydrogens is 378 g/mol. The van der Waals surface area contributed by atoms with E-state index in [2.05, 4.69) is 36.4 Å². The Hall–Kier alpha value is -2.89. The Morgan fingerprint density at radius 2 is 1.63 bits per heavy atom. The highest BCUT2D eigenvalue weighted by atomic mass is 16.5. The molecule has 0 aliphatic rings. The van der Waals surface area contributed by atoms with Gasteiger partial charge in [-0.3, -0.25) is 4.79 Å². The smallest absolute Gasteiger partial charge is 0.223 e. The Morgan fingerprint density at radius 3 is 2.30 bits per heavy atom. The number of aliphatic hydroxyl groups excluding tert-OH is 1. The lowest BCUT2D eigenvalue weighted by Crippen LogP contribution is -2.14. The Balaban J connectivity index is 1.48. The predicted molar refractivity (Wildman–Crippen MR) is 118 cm³/mol. The van der Waals surface area contributed by atoms with Crippen LogP contribution < -0.4 is 5.43 Å². The molecule has 1 atom stereocenters. The first-order valence-electron chi connectivity index (χ1n) is 10.3. The summed E-state index contributed by atoms with van der Waals surface area (Å²) in [5, 5.41) is 19.5. The molecule has 0 fully saturated rings. The summed E-state index contributed by atoms with van der Waals surface area (Å²) in [6.45, 7) is 2.72. The Morgan fingerprint density at radius 1 is 0.967 bits per heavy atom. The number of ether oxygens (including phenoxy) is 1. The summed E-state index contributed by atoms with van der Waals surface area (Å²) < 4.78 is 7.70. The van der Waals surface area contributed by atoms with Gasteiger partial charge in [-0.1, -0.05) is 54.6 Å². The maximum absolute atomic E-state index is 11.4. The zero-order chi connectivity index (χ0) is 21.3. The number of aliphatic hydroxyl groups is 1. The summed E-state index contributed by atoms with van der Waals surface area (Å²) in [6, 6.07) is 20.0. The lowest BCUT2D eigenvalue weighted by atomic mass is 10.0. The van der Waals surface area contributed by atoms with Gasteiger partial charge >= 0.3 is 0 Å². The molecule has 1 aromatic heterocycles. The van der Waals surface area contributed by atoms with E-state index in [1.54, 1.807) is 13.1 Å². The SMILES string of the molecule is Cc1c(O)c(=O)ccn1CCCO[C@H](CO)c1ccc(CCc2ccccc2)cc1. The molecule has 0 amide bonds. The van der Waals surface area contributed by atoms with E-state index in [-0.39, 0.29) is 23.9 Å². The molecule has 0 radical (unpaired) electrons. The van der Waals surface area contributed by atoms with E-state index in [1.807, 2.05) is 22.8 Å². The van der Waals surface area contributed by atoms with E-state index in [4.69, 9.17) is 4.74 Å². The highest BCUT2D eigenvalue weighted by Crippen LogP contribution is 2.19. The second-order valence-corrected chi connectivity index (χ2v) is 7.43. The molecule has 0 bridgehead atoms. The molecule has 0 spiro atoms. The van der Waals surface area contributed by atoms with Crippen LogP contribution in [0.15, 0.2) is 71.7 Å². The van der Waals surface area contributed by atoms with Gasteiger partial charge in [0.25, 0.3) is 0 Å². The fraction of sp³-hybridized carbons (Fsp3) is 0.320. The van der Waals surface area contributed by atoms with Gasteiger partial charge in [-0.25, -0.2) is 0 Å². The lowest BCUT2D eigenvalue weighted by Gasteiger charge is -2.17. The van der Waals surface area contributed by atoms with Crippen LogP contribution in [0, 0.1) is 6.92 Å². The topological polar surface area (TPSA) is 71.7 Å². The third kappa shape index (κ3) is 5.81. The first-order valence-corrected chi connectivity index (χ1v) is 10.3.